The number of ether oxygens (including phenoxy) is 3. The van der Waals surface area contributed by atoms with Gasteiger partial charge in [-0.15, -0.1) is 6.58 Å². The van der Waals surface area contributed by atoms with Crippen LogP contribution in [0.25, 0.3) is 0 Å². The zero-order valence-electron chi connectivity index (χ0n) is 23.4. The zero-order valence-corrected chi connectivity index (χ0v) is 23.4. The third-order valence-corrected chi connectivity index (χ3v) is 9.62. The van der Waals surface area contributed by atoms with Gasteiger partial charge in [-0.3, -0.25) is 0 Å². The molecule has 2 saturated carbocycles. The molecule has 5 heteroatoms. The fourth-order valence-corrected chi connectivity index (χ4v) is 7.15. The van der Waals surface area contributed by atoms with Crippen molar-refractivity contribution < 1.29 is 23.0 Å². The summed E-state index contributed by atoms with van der Waals surface area (Å²) >= 11 is 0. The van der Waals surface area contributed by atoms with E-state index < -0.39 is 11.6 Å². The van der Waals surface area contributed by atoms with E-state index in [9.17, 15) is 8.78 Å². The largest absolute Gasteiger partial charge is 0.491 e. The van der Waals surface area contributed by atoms with Gasteiger partial charge in [0.25, 0.3) is 0 Å². The molecular weight excluding hydrogens is 494 g/mol. The van der Waals surface area contributed by atoms with Crippen molar-refractivity contribution >= 4 is 0 Å². The Balaban J connectivity index is 1.05. The molecule has 3 fully saturated rings. The summed E-state index contributed by atoms with van der Waals surface area (Å²) < 4.78 is 45.6. The Labute approximate surface area is 232 Å². The smallest absolute Gasteiger partial charge is 0.204 e. The summed E-state index contributed by atoms with van der Waals surface area (Å²) in [6.07, 6.45) is 15.4. The van der Waals surface area contributed by atoms with E-state index in [1.54, 1.807) is 6.92 Å². The normalized spacial score (nSPS) is 29.5. The summed E-state index contributed by atoms with van der Waals surface area (Å²) in [4.78, 5) is 0. The van der Waals surface area contributed by atoms with E-state index in [0.717, 1.165) is 35.8 Å². The Hall–Kier alpha value is -2.40. The molecule has 2 atom stereocenters. The quantitative estimate of drug-likeness (QED) is 0.298. The second kappa shape index (κ2) is 13.3. The molecule has 0 amide bonds. The summed E-state index contributed by atoms with van der Waals surface area (Å²) in [6.45, 7) is 7.13. The van der Waals surface area contributed by atoms with Crippen LogP contribution in [0.1, 0.15) is 88.2 Å². The molecule has 3 aliphatic rings. The minimum atomic E-state index is -1.01. The highest BCUT2D eigenvalue weighted by molar-refractivity contribution is 5.35. The summed E-state index contributed by atoms with van der Waals surface area (Å²) in [5.41, 5.74) is 2.30. The van der Waals surface area contributed by atoms with Crippen LogP contribution in [0.4, 0.5) is 8.78 Å². The van der Waals surface area contributed by atoms with Gasteiger partial charge in [0.2, 0.25) is 11.6 Å². The predicted octanol–water partition coefficient (Wildman–Crippen LogP) is 9.00. The molecule has 212 valence electrons. The highest BCUT2D eigenvalue weighted by Crippen LogP contribution is 2.43. The van der Waals surface area contributed by atoms with Gasteiger partial charge < -0.3 is 14.2 Å². The fraction of sp³-hybridized carbons (Fsp3) is 0.588. The van der Waals surface area contributed by atoms with Crippen LogP contribution in [0.3, 0.4) is 0 Å². The highest BCUT2D eigenvalue weighted by atomic mass is 19.2. The molecule has 3 nitrogen and oxygen atoms in total. The highest BCUT2D eigenvalue weighted by Gasteiger charge is 2.35. The Bertz CT molecular complexity index is 1060. The average Bonchev–Trinajstić information content (AvgIpc) is 3.00. The molecule has 5 rings (SSSR count). The van der Waals surface area contributed by atoms with Crippen LogP contribution < -0.4 is 9.47 Å². The van der Waals surface area contributed by atoms with E-state index >= 15 is 0 Å². The molecular formula is C34H44F2O3. The van der Waals surface area contributed by atoms with E-state index in [4.69, 9.17) is 14.2 Å². The molecule has 39 heavy (non-hydrogen) atoms. The van der Waals surface area contributed by atoms with Gasteiger partial charge in [-0.1, -0.05) is 30.3 Å². The standard InChI is InChI=1S/C34H44F2O3/c1-3-23-5-11-28(12-6-23)30-18-17-29(22-39-30)27-15-13-26(14-16-27)25-9-7-24(8-10-25)21-38-32-20-19-31(37-4-2)33(35)34(32)36/h3,7-10,19-20,23,26-30H,1,4-6,11-18,21-22H2,2H3. The van der Waals surface area contributed by atoms with E-state index in [-0.39, 0.29) is 24.7 Å². The van der Waals surface area contributed by atoms with Crippen LogP contribution in [0.2, 0.25) is 0 Å². The van der Waals surface area contributed by atoms with Crippen LogP contribution in [0.15, 0.2) is 49.1 Å². The van der Waals surface area contributed by atoms with Crippen molar-refractivity contribution in [2.75, 3.05) is 13.2 Å². The third-order valence-electron chi connectivity index (χ3n) is 9.62. The van der Waals surface area contributed by atoms with Crippen molar-refractivity contribution in [3.63, 3.8) is 0 Å². The lowest BCUT2D eigenvalue weighted by Gasteiger charge is -2.41. The first-order valence-corrected chi connectivity index (χ1v) is 15.1. The van der Waals surface area contributed by atoms with Gasteiger partial charge in [0.1, 0.15) is 6.61 Å². The molecule has 1 aliphatic heterocycles. The van der Waals surface area contributed by atoms with E-state index in [0.29, 0.717) is 12.0 Å². The van der Waals surface area contributed by atoms with Crippen molar-refractivity contribution in [1.82, 2.24) is 0 Å². The number of benzene rings is 2. The minimum Gasteiger partial charge on any atom is -0.491 e. The topological polar surface area (TPSA) is 27.7 Å². The van der Waals surface area contributed by atoms with Gasteiger partial charge in [-0.25, -0.2) is 0 Å². The SMILES string of the molecule is C=CC1CCC(C2CCC(C3CCC(c4ccc(COc5ccc(OCC)c(F)c5F)cc4)CC3)CO2)CC1. The summed E-state index contributed by atoms with van der Waals surface area (Å²) in [5.74, 6) is 1.36. The van der Waals surface area contributed by atoms with E-state index in [1.165, 1.54) is 81.9 Å². The predicted molar refractivity (Wildman–Crippen MR) is 151 cm³/mol. The first-order chi connectivity index (χ1) is 19.1. The zero-order chi connectivity index (χ0) is 27.2. The van der Waals surface area contributed by atoms with Crippen molar-refractivity contribution in [1.29, 1.82) is 0 Å². The van der Waals surface area contributed by atoms with Crippen LogP contribution in [0.5, 0.6) is 11.5 Å². The molecule has 0 bridgehead atoms. The van der Waals surface area contributed by atoms with Crippen LogP contribution in [-0.2, 0) is 11.3 Å². The van der Waals surface area contributed by atoms with E-state index in [2.05, 4.69) is 24.8 Å². The molecule has 0 N–H and O–H groups in total. The van der Waals surface area contributed by atoms with Gasteiger partial charge in [-0.05, 0) is 124 Å². The molecule has 1 saturated heterocycles. The number of allylic oxidation sites excluding steroid dienone is 1. The Morgan fingerprint density at radius 1 is 0.769 bits per heavy atom. The second-order valence-electron chi connectivity index (χ2n) is 11.9. The van der Waals surface area contributed by atoms with Crippen molar-refractivity contribution in [3.05, 3.63) is 71.8 Å². The maximum Gasteiger partial charge on any atom is 0.204 e. The number of hydrogen-bond donors (Lipinski definition) is 0. The Kier molecular flexibility index (Phi) is 9.60. The summed E-state index contributed by atoms with van der Waals surface area (Å²) in [6, 6.07) is 11.3. The van der Waals surface area contributed by atoms with Gasteiger partial charge in [0, 0.05) is 0 Å². The lowest BCUT2D eigenvalue weighted by atomic mass is 9.71. The van der Waals surface area contributed by atoms with Crippen molar-refractivity contribution in [2.45, 2.75) is 89.8 Å². The molecule has 0 aromatic heterocycles. The van der Waals surface area contributed by atoms with Gasteiger partial charge in [0.15, 0.2) is 11.5 Å². The van der Waals surface area contributed by atoms with E-state index in [1.807, 2.05) is 12.1 Å². The summed E-state index contributed by atoms with van der Waals surface area (Å²) in [5, 5.41) is 0. The van der Waals surface area contributed by atoms with Crippen LogP contribution in [-0.4, -0.2) is 19.3 Å². The van der Waals surface area contributed by atoms with Crippen LogP contribution >= 0.6 is 0 Å². The lowest BCUT2D eigenvalue weighted by molar-refractivity contribution is -0.0721. The first kappa shape index (κ1) is 28.1. The van der Waals surface area contributed by atoms with Gasteiger partial charge >= 0.3 is 0 Å². The van der Waals surface area contributed by atoms with Gasteiger partial charge in [-0.2, -0.15) is 8.78 Å². The Morgan fingerprint density at radius 2 is 1.38 bits per heavy atom. The van der Waals surface area contributed by atoms with Crippen LogP contribution in [0, 0.1) is 35.3 Å². The number of hydrogen-bond acceptors (Lipinski definition) is 3. The fourth-order valence-electron chi connectivity index (χ4n) is 7.15. The molecule has 0 radical (unpaired) electrons. The average molecular weight is 539 g/mol. The summed E-state index contributed by atoms with van der Waals surface area (Å²) in [7, 11) is 0. The van der Waals surface area contributed by atoms with Crippen molar-refractivity contribution in [2.24, 2.45) is 23.7 Å². The molecule has 1 heterocycles. The third kappa shape index (κ3) is 6.85. The molecule has 2 unspecified atom stereocenters. The monoisotopic (exact) mass is 538 g/mol. The molecule has 2 aromatic carbocycles. The van der Waals surface area contributed by atoms with Gasteiger partial charge in [0.05, 0.1) is 19.3 Å². The maximum absolute atomic E-state index is 14.3. The molecule has 2 aliphatic carbocycles. The van der Waals surface area contributed by atoms with Crippen molar-refractivity contribution in [3.8, 4) is 11.5 Å². The maximum atomic E-state index is 14.3. The first-order valence-electron chi connectivity index (χ1n) is 15.1. The Morgan fingerprint density at radius 3 is 1.97 bits per heavy atom. The molecule has 2 aromatic rings. The lowest BCUT2D eigenvalue weighted by Crippen LogP contribution is -2.37. The second-order valence-corrected chi connectivity index (χ2v) is 11.9. The minimum absolute atomic E-state index is 0.0942. The number of rotatable bonds is 9. The number of halogens is 2. The molecule has 0 spiro atoms.